The zero-order valence-electron chi connectivity index (χ0n) is 18.3. The third kappa shape index (κ3) is 5.50. The molecule has 2 atom stereocenters. The number of hydrogen-bond donors (Lipinski definition) is 2. The summed E-state index contributed by atoms with van der Waals surface area (Å²) in [5.41, 5.74) is 1.76. The molecule has 0 aromatic heterocycles. The number of carbonyl (C=O) groups excluding carboxylic acids is 2. The normalized spacial score (nSPS) is 22.1. The van der Waals surface area contributed by atoms with Crippen LogP contribution in [0.3, 0.4) is 0 Å². The summed E-state index contributed by atoms with van der Waals surface area (Å²) < 4.78 is 5.57. The number of anilines is 1. The van der Waals surface area contributed by atoms with Crippen LogP contribution in [0.1, 0.15) is 58.9 Å². The molecule has 6 nitrogen and oxygen atoms in total. The van der Waals surface area contributed by atoms with Gasteiger partial charge in [0.05, 0.1) is 24.8 Å². The molecule has 3 rings (SSSR count). The second-order valence-corrected chi connectivity index (χ2v) is 9.46. The molecule has 29 heavy (non-hydrogen) atoms. The van der Waals surface area contributed by atoms with Gasteiger partial charge in [-0.2, -0.15) is 0 Å². The van der Waals surface area contributed by atoms with Crippen molar-refractivity contribution in [3.8, 4) is 5.75 Å². The second kappa shape index (κ2) is 9.16. The molecule has 2 aliphatic rings. The minimum Gasteiger partial charge on any atom is -0.482 e. The predicted octanol–water partition coefficient (Wildman–Crippen LogP) is 1.67. The molecule has 2 N–H and O–H groups in total. The topological polar surface area (TPSA) is 63.1 Å². The monoisotopic (exact) mass is 402 g/mol. The van der Waals surface area contributed by atoms with E-state index in [0.717, 1.165) is 24.6 Å². The molecule has 160 valence electrons. The van der Waals surface area contributed by atoms with E-state index in [1.165, 1.54) is 25.8 Å². The number of hydrogen-bond acceptors (Lipinski definition) is 3. The first kappa shape index (κ1) is 21.6. The lowest BCUT2D eigenvalue weighted by Gasteiger charge is -2.31. The number of fused-ring (bicyclic) bond motifs is 1. The largest absolute Gasteiger partial charge is 0.482 e. The van der Waals surface area contributed by atoms with E-state index in [4.69, 9.17) is 4.74 Å². The SMILES string of the molecule is C[C@H]1CCCC[NH+]1CCCNC(=O)CN1C(=O)COc2ccc(C(C)(C)C)cc21. The Morgan fingerprint density at radius 3 is 2.83 bits per heavy atom. The molecule has 0 aliphatic carbocycles. The number of carbonyl (C=O) groups is 2. The van der Waals surface area contributed by atoms with Gasteiger partial charge in [-0.15, -0.1) is 0 Å². The number of piperidine rings is 1. The number of quaternary nitrogens is 1. The number of nitrogens with zero attached hydrogens (tertiary/aromatic N) is 1. The van der Waals surface area contributed by atoms with Crippen molar-refractivity contribution in [2.45, 2.75) is 64.8 Å². The lowest BCUT2D eigenvalue weighted by Crippen LogP contribution is -3.16. The summed E-state index contributed by atoms with van der Waals surface area (Å²) in [5.74, 6) is 0.368. The first-order valence-corrected chi connectivity index (χ1v) is 10.9. The summed E-state index contributed by atoms with van der Waals surface area (Å²) in [6, 6.07) is 6.62. The van der Waals surface area contributed by atoms with Crippen molar-refractivity contribution in [1.29, 1.82) is 0 Å². The third-order valence-corrected chi connectivity index (χ3v) is 6.15. The highest BCUT2D eigenvalue weighted by atomic mass is 16.5. The Labute approximate surface area is 174 Å². The van der Waals surface area contributed by atoms with Crippen LogP contribution in [-0.2, 0) is 15.0 Å². The molecular weight excluding hydrogens is 366 g/mol. The fraction of sp³-hybridized carbons (Fsp3) is 0.652. The van der Waals surface area contributed by atoms with Gasteiger partial charge in [-0.25, -0.2) is 0 Å². The summed E-state index contributed by atoms with van der Waals surface area (Å²) in [6.45, 7) is 11.7. The molecule has 1 saturated heterocycles. The van der Waals surface area contributed by atoms with Crippen molar-refractivity contribution in [1.82, 2.24) is 5.32 Å². The second-order valence-electron chi connectivity index (χ2n) is 9.46. The van der Waals surface area contributed by atoms with Gasteiger partial charge in [0.2, 0.25) is 5.91 Å². The lowest BCUT2D eigenvalue weighted by molar-refractivity contribution is -0.928. The van der Waals surface area contributed by atoms with Crippen LogP contribution < -0.4 is 19.9 Å². The van der Waals surface area contributed by atoms with Crippen molar-refractivity contribution < 1.29 is 19.2 Å². The van der Waals surface area contributed by atoms with E-state index >= 15 is 0 Å². The van der Waals surface area contributed by atoms with Crippen LogP contribution in [0.4, 0.5) is 5.69 Å². The predicted molar refractivity (Wildman–Crippen MR) is 115 cm³/mol. The Morgan fingerprint density at radius 2 is 2.10 bits per heavy atom. The van der Waals surface area contributed by atoms with E-state index in [2.05, 4.69) is 33.0 Å². The van der Waals surface area contributed by atoms with Crippen LogP contribution in [0.15, 0.2) is 18.2 Å². The Hall–Kier alpha value is -2.08. The van der Waals surface area contributed by atoms with Crippen molar-refractivity contribution in [3.05, 3.63) is 23.8 Å². The molecule has 0 spiro atoms. The molecule has 2 heterocycles. The maximum Gasteiger partial charge on any atom is 0.265 e. The number of amides is 2. The molecule has 1 aromatic rings. The molecule has 0 radical (unpaired) electrons. The number of ether oxygens (including phenoxy) is 1. The number of likely N-dealkylation sites (tertiary alicyclic amines) is 1. The number of benzene rings is 1. The van der Waals surface area contributed by atoms with Crippen LogP contribution in [0.2, 0.25) is 0 Å². The molecule has 1 unspecified atom stereocenters. The smallest absolute Gasteiger partial charge is 0.265 e. The standard InChI is InChI=1S/C23H35N3O3/c1-17-8-5-6-12-25(17)13-7-11-24-21(27)15-26-19-14-18(23(2,3)4)9-10-20(19)29-16-22(26)28/h9-10,14,17H,5-8,11-13,15-16H2,1-4H3,(H,24,27)/p+1/t17-/m0/s1. The molecule has 2 amide bonds. The molecule has 1 fully saturated rings. The summed E-state index contributed by atoms with van der Waals surface area (Å²) in [5, 5.41) is 2.99. The first-order chi connectivity index (χ1) is 13.8. The highest BCUT2D eigenvalue weighted by molar-refractivity contribution is 6.02. The summed E-state index contributed by atoms with van der Waals surface area (Å²) >= 11 is 0. The summed E-state index contributed by atoms with van der Waals surface area (Å²) in [6.07, 6.45) is 4.92. The molecule has 2 aliphatic heterocycles. The van der Waals surface area contributed by atoms with Crippen LogP contribution in [-0.4, -0.2) is 50.6 Å². The van der Waals surface area contributed by atoms with Crippen LogP contribution in [0.5, 0.6) is 5.75 Å². The summed E-state index contributed by atoms with van der Waals surface area (Å²) in [4.78, 5) is 28.2. The van der Waals surface area contributed by atoms with E-state index in [1.807, 2.05) is 18.2 Å². The highest BCUT2D eigenvalue weighted by Gasteiger charge is 2.29. The van der Waals surface area contributed by atoms with Crippen molar-refractivity contribution in [2.24, 2.45) is 0 Å². The Morgan fingerprint density at radius 1 is 1.31 bits per heavy atom. The third-order valence-electron chi connectivity index (χ3n) is 6.15. The van der Waals surface area contributed by atoms with E-state index in [9.17, 15) is 9.59 Å². The van der Waals surface area contributed by atoms with Gasteiger partial charge in [-0.1, -0.05) is 26.8 Å². The first-order valence-electron chi connectivity index (χ1n) is 10.9. The quantitative estimate of drug-likeness (QED) is 0.712. The van der Waals surface area contributed by atoms with Crippen molar-refractivity contribution in [2.75, 3.05) is 37.7 Å². The fourth-order valence-corrected chi connectivity index (χ4v) is 4.21. The molecule has 1 aromatic carbocycles. The van der Waals surface area contributed by atoms with Gasteiger partial charge in [-0.3, -0.25) is 14.5 Å². The average molecular weight is 403 g/mol. The van der Waals surface area contributed by atoms with Crippen molar-refractivity contribution >= 4 is 17.5 Å². The molecule has 0 saturated carbocycles. The minimum atomic E-state index is -0.176. The van der Waals surface area contributed by atoms with Gasteiger partial charge in [0, 0.05) is 13.0 Å². The molecular formula is C23H36N3O3+. The highest BCUT2D eigenvalue weighted by Crippen LogP contribution is 2.36. The molecule has 0 bridgehead atoms. The molecule has 6 heteroatoms. The maximum absolute atomic E-state index is 12.5. The van der Waals surface area contributed by atoms with Crippen molar-refractivity contribution in [3.63, 3.8) is 0 Å². The average Bonchev–Trinajstić information content (AvgIpc) is 2.67. The Bertz CT molecular complexity index is 741. The van der Waals surface area contributed by atoms with Gasteiger partial charge in [-0.05, 0) is 49.3 Å². The summed E-state index contributed by atoms with van der Waals surface area (Å²) in [7, 11) is 0. The van der Waals surface area contributed by atoms with Crippen LogP contribution >= 0.6 is 0 Å². The van der Waals surface area contributed by atoms with Gasteiger partial charge in [0.15, 0.2) is 6.61 Å². The Balaban J connectivity index is 1.55. The lowest BCUT2D eigenvalue weighted by atomic mass is 9.86. The zero-order valence-corrected chi connectivity index (χ0v) is 18.3. The van der Waals surface area contributed by atoms with E-state index in [0.29, 0.717) is 18.0 Å². The number of rotatable bonds is 6. The van der Waals surface area contributed by atoms with E-state index in [-0.39, 0.29) is 30.4 Å². The van der Waals surface area contributed by atoms with Gasteiger partial charge < -0.3 is 15.0 Å². The maximum atomic E-state index is 12.5. The van der Waals surface area contributed by atoms with Gasteiger partial charge in [0.25, 0.3) is 5.91 Å². The fourth-order valence-electron chi connectivity index (χ4n) is 4.21. The van der Waals surface area contributed by atoms with Gasteiger partial charge in [0.1, 0.15) is 12.3 Å². The number of nitrogens with one attached hydrogen (secondary N) is 2. The van der Waals surface area contributed by atoms with Gasteiger partial charge >= 0.3 is 0 Å². The van der Waals surface area contributed by atoms with E-state index in [1.54, 1.807) is 9.80 Å². The van der Waals surface area contributed by atoms with Crippen LogP contribution in [0.25, 0.3) is 0 Å². The van der Waals surface area contributed by atoms with Crippen LogP contribution in [0, 0.1) is 0 Å². The van der Waals surface area contributed by atoms with E-state index < -0.39 is 0 Å². The minimum absolute atomic E-state index is 0.0225. The zero-order chi connectivity index (χ0) is 21.0. The Kier molecular flexibility index (Phi) is 6.83.